The molecule has 2 aromatic rings. The summed E-state index contributed by atoms with van der Waals surface area (Å²) in [5, 5.41) is 48.3. The molecule has 3 aliphatic carbocycles. The summed E-state index contributed by atoms with van der Waals surface area (Å²) < 4.78 is 5.49. The lowest BCUT2D eigenvalue weighted by Crippen LogP contribution is -2.61. The average Bonchev–Trinajstić information content (AvgIpc) is 2.91. The van der Waals surface area contributed by atoms with Gasteiger partial charge in [0.05, 0.1) is 36.8 Å². The largest absolute Gasteiger partial charge is 0.510 e. The van der Waals surface area contributed by atoms with Gasteiger partial charge in [-0.1, -0.05) is 12.1 Å². The van der Waals surface area contributed by atoms with Crippen molar-refractivity contribution in [3.05, 3.63) is 63.9 Å². The third kappa shape index (κ3) is 4.88. The van der Waals surface area contributed by atoms with E-state index in [2.05, 4.69) is 5.32 Å². The number of phenolic OH excluding ortho intramolecular Hbond substituents is 1. The fraction of sp³-hybridized carbons (Fsp3) is 0.406. The minimum absolute atomic E-state index is 0.0200. The van der Waals surface area contributed by atoms with Crippen LogP contribution in [0.1, 0.15) is 30.0 Å². The summed E-state index contributed by atoms with van der Waals surface area (Å²) in [6.45, 7) is 1.56. The maximum atomic E-state index is 14.2. The molecule has 0 spiro atoms. The van der Waals surface area contributed by atoms with Crippen LogP contribution in [0.5, 0.6) is 11.5 Å². The maximum absolute atomic E-state index is 14.2. The van der Waals surface area contributed by atoms with Crippen LogP contribution in [0.4, 0.5) is 0 Å². The molecule has 2 aromatic carbocycles. The van der Waals surface area contributed by atoms with Crippen molar-refractivity contribution in [3.8, 4) is 22.6 Å². The number of ketones is 1. The van der Waals surface area contributed by atoms with Crippen molar-refractivity contribution >= 4 is 23.4 Å². The van der Waals surface area contributed by atoms with Crippen molar-refractivity contribution < 1.29 is 39.5 Å². The summed E-state index contributed by atoms with van der Waals surface area (Å²) in [4.78, 5) is 39.5. The predicted molar refractivity (Wildman–Crippen MR) is 161 cm³/mol. The molecule has 3 aliphatic rings. The Kier molecular flexibility index (Phi) is 7.95. The van der Waals surface area contributed by atoms with E-state index in [0.717, 1.165) is 16.7 Å². The van der Waals surface area contributed by atoms with Crippen LogP contribution in [0.2, 0.25) is 0 Å². The number of carbonyl (C=O) groups excluding carboxylic acids is 3. The molecule has 0 saturated heterocycles. The first-order valence-corrected chi connectivity index (χ1v) is 14.3. The molecule has 9 N–H and O–H groups in total. The predicted octanol–water partition coefficient (Wildman–Crippen LogP) is 1.28. The second-order valence-electron chi connectivity index (χ2n) is 12.2. The fourth-order valence-electron chi connectivity index (χ4n) is 7.56. The summed E-state index contributed by atoms with van der Waals surface area (Å²) in [6.07, 6.45) is 0.578. The molecule has 1 saturated carbocycles. The molecular weight excluding hydrogens is 568 g/mol. The topological polar surface area (TPSA) is 209 Å². The van der Waals surface area contributed by atoms with Gasteiger partial charge in [0.15, 0.2) is 5.78 Å². The number of hydrogen-bond acceptors (Lipinski definition) is 10. The number of likely N-dealkylation sites (N-methyl/N-ethyl adjacent to an activating group) is 1. The molecule has 2 amide bonds. The van der Waals surface area contributed by atoms with E-state index >= 15 is 0 Å². The van der Waals surface area contributed by atoms with E-state index in [4.69, 9.17) is 16.2 Å². The van der Waals surface area contributed by atoms with Crippen LogP contribution in [0.25, 0.3) is 16.9 Å². The summed E-state index contributed by atoms with van der Waals surface area (Å²) >= 11 is 0. The van der Waals surface area contributed by atoms with Crippen molar-refractivity contribution in [3.63, 3.8) is 0 Å². The number of carbonyl (C=O) groups is 3. The van der Waals surface area contributed by atoms with E-state index in [1.54, 1.807) is 31.1 Å². The van der Waals surface area contributed by atoms with Gasteiger partial charge in [-0.15, -0.1) is 0 Å². The second kappa shape index (κ2) is 11.3. The van der Waals surface area contributed by atoms with E-state index in [1.807, 2.05) is 12.1 Å². The van der Waals surface area contributed by atoms with E-state index in [9.17, 15) is 34.8 Å². The van der Waals surface area contributed by atoms with Crippen LogP contribution in [0.15, 0.2) is 47.2 Å². The number of aromatic hydroxyl groups is 1. The first kappa shape index (κ1) is 31.0. The molecule has 12 heteroatoms. The van der Waals surface area contributed by atoms with Crippen molar-refractivity contribution in [1.82, 2.24) is 10.2 Å². The molecule has 12 nitrogen and oxygen atoms in total. The van der Waals surface area contributed by atoms with Gasteiger partial charge in [0, 0.05) is 17.7 Å². The number of nitrogens with two attached hydrogens (primary N) is 2. The number of Topliss-reactive ketones (excluding diaryl/α,β-unsaturated/α-hetero) is 1. The number of methoxy groups -OCH3 is 1. The zero-order valence-corrected chi connectivity index (χ0v) is 25.0. The van der Waals surface area contributed by atoms with E-state index in [-0.39, 0.29) is 41.4 Å². The highest BCUT2D eigenvalue weighted by Gasteiger charge is 2.60. The number of nitrogens with one attached hydrogen (secondary N) is 1. The fourth-order valence-corrected chi connectivity index (χ4v) is 7.56. The Morgan fingerprint density at radius 2 is 1.84 bits per heavy atom. The Bertz CT molecular complexity index is 1630. The number of amides is 2. The van der Waals surface area contributed by atoms with Gasteiger partial charge in [0.2, 0.25) is 5.91 Å². The zero-order valence-electron chi connectivity index (χ0n) is 25.0. The number of hydrogen-bond donors (Lipinski definition) is 7. The number of allylic oxidation sites excluding steroid dienone is 1. The summed E-state index contributed by atoms with van der Waals surface area (Å²) in [7, 11) is 4.95. The lowest BCUT2D eigenvalue weighted by molar-refractivity contribution is -0.139. The molecule has 4 unspecified atom stereocenters. The van der Waals surface area contributed by atoms with Crippen LogP contribution < -0.4 is 21.5 Å². The van der Waals surface area contributed by atoms with Crippen molar-refractivity contribution in [2.75, 3.05) is 27.7 Å². The Labute approximate surface area is 254 Å². The SMILES string of the molecule is COc1ccc(-c2ccc(O)c3c2CC2CC4C(C(=O)C2=C3O)C(C)(O)C(C(N)=O)=C(O)[C@H]4N(C)C)cc1CNCC(N)=O. The number of phenols is 1. The Morgan fingerprint density at radius 1 is 1.14 bits per heavy atom. The van der Waals surface area contributed by atoms with E-state index < -0.39 is 52.6 Å². The second-order valence-corrected chi connectivity index (χ2v) is 12.2. The van der Waals surface area contributed by atoms with Crippen LogP contribution in [0, 0.1) is 17.8 Å². The van der Waals surface area contributed by atoms with Gasteiger partial charge < -0.3 is 41.9 Å². The normalized spacial score (nSPS) is 26.3. The number of benzene rings is 2. The van der Waals surface area contributed by atoms with Crippen molar-refractivity contribution in [2.24, 2.45) is 29.2 Å². The lowest BCUT2D eigenvalue weighted by Gasteiger charge is -2.52. The molecule has 0 radical (unpaired) electrons. The van der Waals surface area contributed by atoms with Gasteiger partial charge in [-0.3, -0.25) is 19.3 Å². The van der Waals surface area contributed by atoms with Crippen LogP contribution >= 0.6 is 0 Å². The minimum Gasteiger partial charge on any atom is -0.510 e. The standard InChI is InChI=1S/C32H38N4O8/c1-32(43)25-19(27(36(2)3)30(41)26(32)31(34)42)11-15-10-18-17(6-7-20(37)24(18)28(39)23(15)29(25)40)14-5-8-21(44-4)16(9-14)12-35-13-22(33)38/h5-9,15,19,25,27,35,37,39,41,43H,10-13H2,1-4H3,(H2,33,38)(H2,34,42)/t15?,19?,25?,27-,32?/m0/s1. The smallest absolute Gasteiger partial charge is 0.251 e. The highest BCUT2D eigenvalue weighted by molar-refractivity contribution is 6.08. The Hall–Kier alpha value is -4.39. The maximum Gasteiger partial charge on any atom is 0.251 e. The molecular formula is C32H38N4O8. The molecule has 44 heavy (non-hydrogen) atoms. The minimum atomic E-state index is -2.09. The molecule has 0 aliphatic heterocycles. The van der Waals surface area contributed by atoms with Crippen LogP contribution in [-0.4, -0.2) is 82.3 Å². The van der Waals surface area contributed by atoms with Crippen molar-refractivity contribution in [2.45, 2.75) is 38.0 Å². The number of primary amides is 2. The molecule has 234 valence electrons. The average molecular weight is 607 g/mol. The number of nitrogens with zero attached hydrogens (tertiary/aromatic N) is 1. The molecule has 0 heterocycles. The number of ether oxygens (including phenoxy) is 1. The van der Waals surface area contributed by atoms with Gasteiger partial charge in [-0.2, -0.15) is 0 Å². The summed E-state index contributed by atoms with van der Waals surface area (Å²) in [5.41, 5.74) is 11.4. The molecule has 0 aromatic heterocycles. The number of rotatable bonds is 8. The number of aliphatic hydroxyl groups is 3. The first-order valence-electron chi connectivity index (χ1n) is 14.3. The third-order valence-corrected chi connectivity index (χ3v) is 9.24. The highest BCUT2D eigenvalue weighted by Crippen LogP contribution is 2.55. The van der Waals surface area contributed by atoms with Gasteiger partial charge in [-0.05, 0) is 80.6 Å². The summed E-state index contributed by atoms with van der Waals surface area (Å²) in [5.74, 6) is -4.76. The van der Waals surface area contributed by atoms with E-state index in [1.165, 1.54) is 20.1 Å². The van der Waals surface area contributed by atoms with Gasteiger partial charge in [-0.25, -0.2) is 0 Å². The van der Waals surface area contributed by atoms with Gasteiger partial charge in [0.25, 0.3) is 5.91 Å². The van der Waals surface area contributed by atoms with Crippen molar-refractivity contribution in [1.29, 1.82) is 0 Å². The monoisotopic (exact) mass is 606 g/mol. The highest BCUT2D eigenvalue weighted by atomic mass is 16.5. The lowest BCUT2D eigenvalue weighted by atomic mass is 9.55. The molecule has 5 atom stereocenters. The van der Waals surface area contributed by atoms with Gasteiger partial charge in [0.1, 0.15) is 28.6 Å². The van der Waals surface area contributed by atoms with Crippen LogP contribution in [0.3, 0.4) is 0 Å². The molecule has 5 rings (SSSR count). The Morgan fingerprint density at radius 3 is 2.45 bits per heavy atom. The number of fused-ring (bicyclic) bond motifs is 3. The Balaban J connectivity index is 1.63. The van der Waals surface area contributed by atoms with E-state index in [0.29, 0.717) is 24.3 Å². The molecule has 0 bridgehead atoms. The summed E-state index contributed by atoms with van der Waals surface area (Å²) in [6, 6.07) is 7.91. The first-order chi connectivity index (χ1) is 20.7. The third-order valence-electron chi connectivity index (χ3n) is 9.24. The quantitative estimate of drug-likeness (QED) is 0.229. The van der Waals surface area contributed by atoms with Crippen LogP contribution in [-0.2, 0) is 27.3 Å². The zero-order chi connectivity index (χ0) is 32.2. The molecule has 1 fully saturated rings. The van der Waals surface area contributed by atoms with Gasteiger partial charge >= 0.3 is 0 Å². The number of aliphatic hydroxyl groups excluding tert-OH is 2.